The minimum absolute atomic E-state index is 0.0552. The van der Waals surface area contributed by atoms with Crippen LogP contribution in [0.15, 0.2) is 42.5 Å². The molecule has 0 unspecified atom stereocenters. The van der Waals surface area contributed by atoms with Gasteiger partial charge in [-0.3, -0.25) is 14.5 Å². The molecule has 3 rings (SSSR count). The van der Waals surface area contributed by atoms with E-state index >= 15 is 0 Å². The summed E-state index contributed by atoms with van der Waals surface area (Å²) in [6.07, 6.45) is -10.2. The van der Waals surface area contributed by atoms with Crippen LogP contribution in [0.4, 0.5) is 41.2 Å². The second kappa shape index (κ2) is 9.90. The molecule has 1 fully saturated rings. The number of hydrogen-bond acceptors (Lipinski definition) is 3. The molecule has 0 aromatic heterocycles. The monoisotopic (exact) mass is 534 g/mol. The van der Waals surface area contributed by atoms with Crippen molar-refractivity contribution in [3.63, 3.8) is 0 Å². The molecular formula is C23H21F7N4O3. The number of nitrogens with zero attached hydrogens (tertiary/aromatic N) is 3. The molecule has 1 saturated heterocycles. The van der Waals surface area contributed by atoms with E-state index in [9.17, 15) is 45.1 Å². The van der Waals surface area contributed by atoms with E-state index in [4.69, 9.17) is 5.73 Å². The van der Waals surface area contributed by atoms with Crippen molar-refractivity contribution in [1.29, 1.82) is 0 Å². The molecule has 2 N–H and O–H groups in total. The largest absolute Gasteiger partial charge is 0.416 e. The third-order valence-corrected chi connectivity index (χ3v) is 6.13. The van der Waals surface area contributed by atoms with Crippen LogP contribution in [0.5, 0.6) is 0 Å². The van der Waals surface area contributed by atoms with E-state index in [1.807, 2.05) is 0 Å². The lowest BCUT2D eigenvalue weighted by molar-refractivity contribution is -0.143. The van der Waals surface area contributed by atoms with Crippen LogP contribution in [-0.2, 0) is 21.9 Å². The number of likely N-dealkylation sites (tertiary alicyclic amines) is 1. The first-order valence-corrected chi connectivity index (χ1v) is 10.6. The van der Waals surface area contributed by atoms with E-state index in [1.54, 1.807) is 0 Å². The molecule has 7 nitrogen and oxygen atoms in total. The molecule has 2 aromatic carbocycles. The zero-order valence-electron chi connectivity index (χ0n) is 19.4. The molecule has 0 spiro atoms. The number of hydrogen-bond donors (Lipinski definition) is 1. The zero-order valence-corrected chi connectivity index (χ0v) is 19.4. The molecule has 4 amide bonds. The van der Waals surface area contributed by atoms with Crippen molar-refractivity contribution in [2.24, 2.45) is 5.73 Å². The number of benzene rings is 2. The van der Waals surface area contributed by atoms with Crippen LogP contribution in [0, 0.1) is 5.82 Å². The van der Waals surface area contributed by atoms with Crippen molar-refractivity contribution in [3.05, 3.63) is 65.0 Å². The minimum Gasteiger partial charge on any atom is -0.361 e. The molecule has 1 aliphatic heterocycles. The number of rotatable bonds is 3. The number of amides is 4. The first-order valence-electron chi connectivity index (χ1n) is 10.6. The lowest BCUT2D eigenvalue weighted by atomic mass is 9.93. The molecule has 0 bridgehead atoms. The molecule has 0 saturated carbocycles. The van der Waals surface area contributed by atoms with Crippen LogP contribution in [0.2, 0.25) is 0 Å². The van der Waals surface area contributed by atoms with Crippen LogP contribution >= 0.6 is 0 Å². The topological polar surface area (TPSA) is 87.0 Å². The third kappa shape index (κ3) is 5.94. The fourth-order valence-electron chi connectivity index (χ4n) is 4.16. The van der Waals surface area contributed by atoms with Crippen molar-refractivity contribution in [2.75, 3.05) is 32.1 Å². The number of halogens is 7. The second-order valence-electron chi connectivity index (χ2n) is 8.52. The van der Waals surface area contributed by atoms with Gasteiger partial charge in [0.15, 0.2) is 0 Å². The maximum atomic E-state index is 13.4. The molecule has 2 atom stereocenters. The quantitative estimate of drug-likeness (QED) is 0.480. The van der Waals surface area contributed by atoms with E-state index in [-0.39, 0.29) is 19.2 Å². The molecule has 0 aliphatic carbocycles. The summed E-state index contributed by atoms with van der Waals surface area (Å²) in [7, 11) is 2.25. The minimum atomic E-state index is -5.11. The summed E-state index contributed by atoms with van der Waals surface area (Å²) < 4.78 is 93.1. The van der Waals surface area contributed by atoms with Gasteiger partial charge in [-0.05, 0) is 35.9 Å². The smallest absolute Gasteiger partial charge is 0.361 e. The Morgan fingerprint density at radius 1 is 0.892 bits per heavy atom. The van der Waals surface area contributed by atoms with Gasteiger partial charge < -0.3 is 15.5 Å². The first kappa shape index (κ1) is 27.7. The number of carbonyl (C=O) groups is 3. The van der Waals surface area contributed by atoms with Gasteiger partial charge >= 0.3 is 30.2 Å². The average Bonchev–Trinajstić information content (AvgIpc) is 3.26. The van der Waals surface area contributed by atoms with E-state index < -0.39 is 64.8 Å². The Morgan fingerprint density at radius 3 is 1.86 bits per heavy atom. The van der Waals surface area contributed by atoms with Gasteiger partial charge in [0.1, 0.15) is 5.82 Å². The predicted molar refractivity (Wildman–Crippen MR) is 117 cm³/mol. The van der Waals surface area contributed by atoms with Gasteiger partial charge in [-0.25, -0.2) is 9.18 Å². The summed E-state index contributed by atoms with van der Waals surface area (Å²) in [5.74, 6) is -3.53. The summed E-state index contributed by atoms with van der Waals surface area (Å²) in [6.45, 7) is -0.308. The van der Waals surface area contributed by atoms with E-state index in [0.717, 1.165) is 29.0 Å². The van der Waals surface area contributed by atoms with Gasteiger partial charge in [-0.2, -0.15) is 26.3 Å². The highest BCUT2D eigenvalue weighted by Crippen LogP contribution is 2.39. The van der Waals surface area contributed by atoms with Crippen LogP contribution in [0.3, 0.4) is 0 Å². The lowest BCUT2D eigenvalue weighted by Crippen LogP contribution is -2.48. The Bertz CT molecular complexity index is 1170. The lowest BCUT2D eigenvalue weighted by Gasteiger charge is -2.33. The summed E-state index contributed by atoms with van der Waals surface area (Å²) in [5.41, 5.74) is 1.69. The highest BCUT2D eigenvalue weighted by molar-refractivity contribution is 6.34. The molecule has 1 heterocycles. The van der Waals surface area contributed by atoms with Crippen molar-refractivity contribution in [3.8, 4) is 0 Å². The molecule has 0 radical (unpaired) electrons. The van der Waals surface area contributed by atoms with E-state index in [2.05, 4.69) is 0 Å². The van der Waals surface area contributed by atoms with Crippen molar-refractivity contribution < 1.29 is 45.1 Å². The molecular weight excluding hydrogens is 513 g/mol. The Morgan fingerprint density at radius 2 is 1.41 bits per heavy atom. The molecule has 2 aromatic rings. The Hall–Kier alpha value is -3.84. The van der Waals surface area contributed by atoms with Gasteiger partial charge in [0.2, 0.25) is 0 Å². The Kier molecular flexibility index (Phi) is 7.42. The Labute approximate surface area is 206 Å². The maximum Gasteiger partial charge on any atom is 0.416 e. The van der Waals surface area contributed by atoms with Crippen molar-refractivity contribution >= 4 is 23.5 Å². The standard InChI is InChI=1S/C23H21F7N4O3/c1-32(16-8-13(22(25,26)27)7-14(9-16)23(28,29)30)21(37)33(2)18-11-34(20(36)19(31)35)10-17(18)12-3-5-15(24)6-4-12/h3-9,17-18H,10-11H2,1-2H3,(H2,31,35)/t17-,18+/m0/s1. The summed E-state index contributed by atoms with van der Waals surface area (Å²) in [6, 6.07) is 3.98. The van der Waals surface area contributed by atoms with Crippen LogP contribution in [-0.4, -0.2) is 60.9 Å². The van der Waals surface area contributed by atoms with Gasteiger partial charge in [-0.1, -0.05) is 12.1 Å². The number of anilines is 1. The highest BCUT2D eigenvalue weighted by atomic mass is 19.4. The molecule has 200 valence electrons. The van der Waals surface area contributed by atoms with E-state index in [0.29, 0.717) is 22.6 Å². The fraction of sp³-hybridized carbons (Fsp3) is 0.348. The van der Waals surface area contributed by atoms with Gasteiger partial charge in [0, 0.05) is 38.8 Å². The predicted octanol–water partition coefficient (Wildman–Crippen LogP) is 3.83. The van der Waals surface area contributed by atoms with Crippen LogP contribution in [0.1, 0.15) is 22.6 Å². The zero-order chi connectivity index (χ0) is 27.9. The van der Waals surface area contributed by atoms with Gasteiger partial charge in [0.25, 0.3) is 0 Å². The molecule has 37 heavy (non-hydrogen) atoms. The third-order valence-electron chi connectivity index (χ3n) is 6.13. The number of nitrogens with two attached hydrogens (primary N) is 1. The number of likely N-dealkylation sites (N-methyl/N-ethyl adjacent to an activating group) is 1. The number of primary amides is 1. The van der Waals surface area contributed by atoms with Crippen molar-refractivity contribution in [1.82, 2.24) is 9.80 Å². The summed E-state index contributed by atoms with van der Waals surface area (Å²) in [4.78, 5) is 39.6. The molecule has 1 aliphatic rings. The normalized spacial score (nSPS) is 18.0. The van der Waals surface area contributed by atoms with E-state index in [1.165, 1.54) is 19.2 Å². The van der Waals surface area contributed by atoms with Gasteiger partial charge in [0.05, 0.1) is 17.2 Å². The maximum absolute atomic E-state index is 13.4. The SMILES string of the molecule is CN(C(=O)N(C)[C@@H]1CN(C(=O)C(N)=O)C[C@H]1c1ccc(F)cc1)c1cc(C(F)(F)F)cc(C(F)(F)F)c1. The average molecular weight is 534 g/mol. The van der Waals surface area contributed by atoms with Gasteiger partial charge in [-0.15, -0.1) is 0 Å². The summed E-state index contributed by atoms with van der Waals surface area (Å²) >= 11 is 0. The fourth-order valence-corrected chi connectivity index (χ4v) is 4.16. The van der Waals surface area contributed by atoms with Crippen molar-refractivity contribution in [2.45, 2.75) is 24.3 Å². The van der Waals surface area contributed by atoms with Crippen LogP contribution < -0.4 is 10.6 Å². The first-order chi connectivity index (χ1) is 17.0. The number of urea groups is 1. The Balaban J connectivity index is 1.97. The van der Waals surface area contributed by atoms with Crippen LogP contribution in [0.25, 0.3) is 0 Å². The summed E-state index contributed by atoms with van der Waals surface area (Å²) in [5, 5.41) is 0. The second-order valence-corrected chi connectivity index (χ2v) is 8.52. The number of alkyl halides is 6. The number of carbonyl (C=O) groups excluding carboxylic acids is 3. The molecule has 14 heteroatoms. The highest BCUT2D eigenvalue weighted by Gasteiger charge is 2.42.